The number of aliphatic hydroxyl groups excluding tert-OH is 1. The Morgan fingerprint density at radius 3 is 1.95 bits per heavy atom. The molecule has 4 aliphatic carbocycles. The Kier molecular flexibility index (Phi) is 15.4. The van der Waals surface area contributed by atoms with Gasteiger partial charge in [0.2, 0.25) is 23.6 Å². The number of ether oxygens (including phenoxy) is 3. The molecule has 57 heavy (non-hydrogen) atoms. The average Bonchev–Trinajstić information content (AvgIpc) is 3.48. The zero-order valence-corrected chi connectivity index (χ0v) is 35.1. The Morgan fingerprint density at radius 1 is 0.772 bits per heavy atom. The van der Waals surface area contributed by atoms with Gasteiger partial charge in [-0.15, -0.1) is 0 Å². The molecule has 0 aliphatic heterocycles. The monoisotopic (exact) mass is 805 g/mol. The van der Waals surface area contributed by atoms with Gasteiger partial charge in [0.05, 0.1) is 32.3 Å². The van der Waals surface area contributed by atoms with E-state index in [1.807, 2.05) is 0 Å². The van der Waals surface area contributed by atoms with Gasteiger partial charge in [-0.25, -0.2) is 4.79 Å². The van der Waals surface area contributed by atoms with Crippen molar-refractivity contribution in [3.05, 3.63) is 0 Å². The molecule has 4 rings (SSSR count). The van der Waals surface area contributed by atoms with Crippen molar-refractivity contribution in [2.75, 3.05) is 32.8 Å². The van der Waals surface area contributed by atoms with E-state index in [4.69, 9.17) is 14.2 Å². The number of hydrogen-bond donors (Lipinski definition) is 6. The zero-order valence-electron chi connectivity index (χ0n) is 35.1. The minimum Gasteiger partial charge on any atom is -0.466 e. The number of alkyl carbamates (subject to hydrolysis) is 1. The van der Waals surface area contributed by atoms with Crippen molar-refractivity contribution in [2.45, 2.75) is 137 Å². The molecule has 0 spiro atoms. The van der Waals surface area contributed by atoms with E-state index in [1.54, 1.807) is 20.8 Å². The fraction of sp³-hybridized carbons (Fsp3) is 0.829. The Morgan fingerprint density at radius 2 is 1.37 bits per heavy atom. The second-order valence-corrected chi connectivity index (χ2v) is 18.4. The molecule has 16 nitrogen and oxygen atoms in total. The van der Waals surface area contributed by atoms with Crippen LogP contribution in [0.5, 0.6) is 0 Å². The average molecular weight is 806 g/mol. The topological polar surface area (TPSA) is 228 Å². The number of hydrogen-bond acceptors (Lipinski definition) is 11. The molecular weight excluding hydrogens is 738 g/mol. The molecule has 0 heterocycles. The lowest BCUT2D eigenvalue weighted by molar-refractivity contribution is -0.213. The molecule has 0 radical (unpaired) electrons. The molecule has 0 saturated heterocycles. The second-order valence-electron chi connectivity index (χ2n) is 18.4. The van der Waals surface area contributed by atoms with Gasteiger partial charge >= 0.3 is 18.0 Å². The third-order valence-corrected chi connectivity index (χ3v) is 13.4. The summed E-state index contributed by atoms with van der Waals surface area (Å²) in [5.74, 6) is -1.51. The van der Waals surface area contributed by atoms with E-state index in [0.29, 0.717) is 37.7 Å². The van der Waals surface area contributed by atoms with Crippen molar-refractivity contribution in [2.24, 2.45) is 46.3 Å². The van der Waals surface area contributed by atoms with Gasteiger partial charge in [-0.1, -0.05) is 20.8 Å². The van der Waals surface area contributed by atoms with E-state index in [-0.39, 0.29) is 71.0 Å². The predicted octanol–water partition coefficient (Wildman–Crippen LogP) is 2.50. The predicted molar refractivity (Wildman–Crippen MR) is 208 cm³/mol. The van der Waals surface area contributed by atoms with Crippen LogP contribution in [0.3, 0.4) is 0 Å². The van der Waals surface area contributed by atoms with Crippen LogP contribution in [0, 0.1) is 46.3 Å². The standard InChI is InChI=1S/C41H67N5O11/c1-23(10-9-15-55-24(2)47)28-11-12-29-37-30(18-32(49)41(28,29)8)40(7)14-13-27(16-26(40)17-31(37)56-25(3)48)46-36(53)22-44-34(51)20-42-33(50)19-43-35(52)21-45-38(54)57-39(4,5)6/h23,26-32,37,49H,9-22H2,1-8H3,(H,42,50)(H,43,52)(H,44,51)(H,45,54)(H,46,53)/t23-,26+,27+,28-,29+,30+,31-,32+,37+,40+,41-/m1/s1. The van der Waals surface area contributed by atoms with E-state index in [9.17, 15) is 38.7 Å². The lowest BCUT2D eigenvalue weighted by atomic mass is 9.43. The summed E-state index contributed by atoms with van der Waals surface area (Å²) in [5, 5.41) is 24.6. The molecule has 11 atom stereocenters. The van der Waals surface area contributed by atoms with Gasteiger partial charge in [-0.3, -0.25) is 28.8 Å². The highest BCUT2D eigenvalue weighted by Gasteiger charge is 2.66. The summed E-state index contributed by atoms with van der Waals surface area (Å²) < 4.78 is 16.4. The Labute approximate surface area is 336 Å². The molecule has 6 N–H and O–H groups in total. The first kappa shape index (κ1) is 45.7. The number of nitrogens with one attached hydrogen (secondary N) is 5. The lowest BCUT2D eigenvalue weighted by Gasteiger charge is -2.64. The zero-order chi connectivity index (χ0) is 42.3. The first-order valence-corrected chi connectivity index (χ1v) is 20.7. The summed E-state index contributed by atoms with van der Waals surface area (Å²) >= 11 is 0. The van der Waals surface area contributed by atoms with Gasteiger partial charge in [0.1, 0.15) is 18.2 Å². The molecule has 322 valence electrons. The fourth-order valence-corrected chi connectivity index (χ4v) is 10.9. The van der Waals surface area contributed by atoms with Crippen LogP contribution in [0.25, 0.3) is 0 Å². The van der Waals surface area contributed by atoms with Crippen molar-refractivity contribution < 1.29 is 52.9 Å². The summed E-state index contributed by atoms with van der Waals surface area (Å²) in [6.45, 7) is 13.6. The number of carbonyl (C=O) groups excluding carboxylic acids is 7. The van der Waals surface area contributed by atoms with Crippen LogP contribution in [-0.2, 0) is 43.0 Å². The highest BCUT2D eigenvalue weighted by molar-refractivity contribution is 5.90. The Balaban J connectivity index is 1.26. The highest BCUT2D eigenvalue weighted by Crippen LogP contribution is 2.68. The molecule has 0 bridgehead atoms. The van der Waals surface area contributed by atoms with Gasteiger partial charge in [0, 0.05) is 25.8 Å². The van der Waals surface area contributed by atoms with E-state index >= 15 is 0 Å². The maximum Gasteiger partial charge on any atom is 0.408 e. The fourth-order valence-electron chi connectivity index (χ4n) is 10.9. The minimum atomic E-state index is -0.770. The van der Waals surface area contributed by atoms with Crippen LogP contribution in [-0.4, -0.2) is 103 Å². The maximum atomic E-state index is 13.0. The van der Waals surface area contributed by atoms with Crippen LogP contribution >= 0.6 is 0 Å². The molecule has 5 amide bonds. The number of esters is 2. The number of rotatable bonds is 15. The summed E-state index contributed by atoms with van der Waals surface area (Å²) in [6, 6.07) is -0.141. The molecule has 16 heteroatoms. The quantitative estimate of drug-likeness (QED) is 0.0801. The van der Waals surface area contributed by atoms with Crippen LogP contribution < -0.4 is 26.6 Å². The van der Waals surface area contributed by atoms with Crippen molar-refractivity contribution in [3.8, 4) is 0 Å². The molecule has 0 aromatic carbocycles. The van der Waals surface area contributed by atoms with Gasteiger partial charge in [-0.05, 0) is 119 Å². The Bertz CT molecular complexity index is 1500. The first-order chi connectivity index (χ1) is 26.6. The van der Waals surface area contributed by atoms with Crippen molar-refractivity contribution in [1.82, 2.24) is 26.6 Å². The summed E-state index contributed by atoms with van der Waals surface area (Å²) in [7, 11) is 0. The van der Waals surface area contributed by atoms with Crippen LogP contribution in [0.4, 0.5) is 4.79 Å². The number of aliphatic hydroxyl groups is 1. The highest BCUT2D eigenvalue weighted by atomic mass is 16.6. The third kappa shape index (κ3) is 11.8. The smallest absolute Gasteiger partial charge is 0.408 e. The van der Waals surface area contributed by atoms with Gasteiger partial charge in [0.25, 0.3) is 0 Å². The molecular formula is C41H67N5O11. The van der Waals surface area contributed by atoms with Gasteiger partial charge in [-0.2, -0.15) is 0 Å². The van der Waals surface area contributed by atoms with Crippen LogP contribution in [0.2, 0.25) is 0 Å². The molecule has 0 aromatic heterocycles. The molecule has 4 saturated carbocycles. The van der Waals surface area contributed by atoms with Gasteiger partial charge in [0.15, 0.2) is 0 Å². The largest absolute Gasteiger partial charge is 0.466 e. The molecule has 4 aliphatic rings. The minimum absolute atomic E-state index is 0.112. The SMILES string of the molecule is CC(=O)OCCC[C@@H](C)[C@H]1CC[C@H]2[C@@H]3[C@H](OC(C)=O)C[C@@H]4C[C@@H](NC(=O)CNC(=O)CNC(=O)CNC(=O)CNC(=O)OC(C)(C)C)CC[C@]4(C)[C@H]3C[C@H](O)[C@]12C. The number of fused-ring (bicyclic) bond motifs is 5. The van der Waals surface area contributed by atoms with E-state index in [1.165, 1.54) is 13.8 Å². The number of amides is 5. The maximum absolute atomic E-state index is 13.0. The van der Waals surface area contributed by atoms with Gasteiger partial charge < -0.3 is 45.9 Å². The van der Waals surface area contributed by atoms with Crippen molar-refractivity contribution in [1.29, 1.82) is 0 Å². The molecule has 4 fully saturated rings. The van der Waals surface area contributed by atoms with Crippen LogP contribution in [0.15, 0.2) is 0 Å². The van der Waals surface area contributed by atoms with E-state index in [2.05, 4.69) is 47.4 Å². The Hall–Kier alpha value is -3.95. The normalized spacial score (nSPS) is 32.2. The lowest BCUT2D eigenvalue weighted by Crippen LogP contribution is -2.63. The molecule has 0 aromatic rings. The second kappa shape index (κ2) is 19.2. The van der Waals surface area contributed by atoms with E-state index in [0.717, 1.165) is 38.5 Å². The third-order valence-electron chi connectivity index (χ3n) is 13.4. The van der Waals surface area contributed by atoms with Crippen molar-refractivity contribution in [3.63, 3.8) is 0 Å². The van der Waals surface area contributed by atoms with E-state index < -0.39 is 55.2 Å². The van der Waals surface area contributed by atoms with Crippen LogP contribution in [0.1, 0.15) is 113 Å². The first-order valence-electron chi connectivity index (χ1n) is 20.7. The number of carbonyl (C=O) groups is 7. The molecule has 0 unspecified atom stereocenters. The summed E-state index contributed by atoms with van der Waals surface area (Å²) in [4.78, 5) is 84.9. The summed E-state index contributed by atoms with van der Waals surface area (Å²) in [6.07, 6.45) is 5.67. The van der Waals surface area contributed by atoms with Crippen molar-refractivity contribution >= 4 is 41.7 Å². The summed E-state index contributed by atoms with van der Waals surface area (Å²) in [5.41, 5.74) is -1.16.